The minimum atomic E-state index is -4.41. The van der Waals surface area contributed by atoms with Crippen LogP contribution in [0.25, 0.3) is 22.2 Å². The second kappa shape index (κ2) is 10.9. The van der Waals surface area contributed by atoms with Crippen LogP contribution in [-0.2, 0) is 14.8 Å². The zero-order valence-electron chi connectivity index (χ0n) is 22.4. The second-order valence-electron chi connectivity index (χ2n) is 10.2. The van der Waals surface area contributed by atoms with Crippen molar-refractivity contribution in [3.05, 3.63) is 60.3 Å². The fourth-order valence-electron chi connectivity index (χ4n) is 5.94. The lowest BCUT2D eigenvalue weighted by Gasteiger charge is -2.36. The highest BCUT2D eigenvalue weighted by molar-refractivity contribution is 7.92. The number of nitrogens with one attached hydrogen (secondary N) is 1. The molecule has 0 radical (unpaired) electrons. The van der Waals surface area contributed by atoms with Gasteiger partial charge in [0.15, 0.2) is 0 Å². The molecule has 0 bridgehead atoms. The Morgan fingerprint density at radius 3 is 2.59 bits per heavy atom. The first kappa shape index (κ1) is 27.4. The van der Waals surface area contributed by atoms with Crippen LogP contribution < -0.4 is 15.2 Å². The number of aromatic nitrogens is 3. The number of imidazole rings is 1. The average molecular weight is 585 g/mol. The van der Waals surface area contributed by atoms with Crippen LogP contribution in [0.3, 0.4) is 0 Å². The Labute approximate surface area is 236 Å². The number of anilines is 2. The molecule has 2 aliphatic rings. The molecule has 41 heavy (non-hydrogen) atoms. The van der Waals surface area contributed by atoms with E-state index in [2.05, 4.69) is 24.2 Å². The minimum absolute atomic E-state index is 0.00465. The SMILES string of the molecule is COc1ncc(-c2ccc3nc(N)n(C4CCCC4N4CCOCC4)c3c2)cc1NS(=O)(=O)c1ccc(F)cc1F. The Morgan fingerprint density at radius 2 is 1.83 bits per heavy atom. The van der Waals surface area contributed by atoms with Gasteiger partial charge in [-0.2, -0.15) is 0 Å². The molecule has 0 spiro atoms. The standard InChI is InChI=1S/C28H30F2N6O4S/c1-39-27-22(34-41(37,38)26-8-6-19(29)15-20(26)30)13-18(16-32-27)17-5-7-21-25(14-17)36(28(31)33-21)24-4-2-3-23(24)35-9-11-40-12-10-35/h5-8,13-16,23-24,34H,2-4,9-12H2,1H3,(H2,31,33). The van der Waals surface area contributed by atoms with Gasteiger partial charge in [-0.1, -0.05) is 6.07 Å². The largest absolute Gasteiger partial charge is 0.480 e. The summed E-state index contributed by atoms with van der Waals surface area (Å²) < 4.78 is 68.9. The number of nitrogens with zero attached hydrogens (tertiary/aromatic N) is 4. The molecule has 0 amide bonds. The number of hydrogen-bond donors (Lipinski definition) is 2. The van der Waals surface area contributed by atoms with Gasteiger partial charge in [0, 0.05) is 37.0 Å². The first-order valence-electron chi connectivity index (χ1n) is 13.4. The van der Waals surface area contributed by atoms with Crippen molar-refractivity contribution in [1.82, 2.24) is 19.4 Å². The van der Waals surface area contributed by atoms with Crippen LogP contribution in [0.1, 0.15) is 25.3 Å². The Balaban J connectivity index is 1.36. The van der Waals surface area contributed by atoms with E-state index in [0.717, 1.165) is 74.3 Å². The number of sulfonamides is 1. The summed E-state index contributed by atoms with van der Waals surface area (Å²) in [6.07, 6.45) is 4.71. The highest BCUT2D eigenvalue weighted by atomic mass is 32.2. The van der Waals surface area contributed by atoms with Crippen molar-refractivity contribution in [2.45, 2.75) is 36.2 Å². The molecule has 3 N–H and O–H groups in total. The number of benzene rings is 2. The molecule has 1 saturated heterocycles. The van der Waals surface area contributed by atoms with Crippen LogP contribution in [0, 0.1) is 11.6 Å². The molecule has 1 aliphatic carbocycles. The Kier molecular flexibility index (Phi) is 7.26. The van der Waals surface area contributed by atoms with Gasteiger partial charge in [0.05, 0.1) is 37.4 Å². The van der Waals surface area contributed by atoms with Crippen LogP contribution in [-0.4, -0.2) is 67.3 Å². The minimum Gasteiger partial charge on any atom is -0.480 e. The van der Waals surface area contributed by atoms with Gasteiger partial charge in [-0.05, 0) is 55.2 Å². The third kappa shape index (κ3) is 5.20. The molecule has 2 fully saturated rings. The maximum atomic E-state index is 14.3. The van der Waals surface area contributed by atoms with E-state index in [4.69, 9.17) is 15.2 Å². The summed E-state index contributed by atoms with van der Waals surface area (Å²) in [5, 5.41) is 0. The fourth-order valence-corrected chi connectivity index (χ4v) is 7.04. The van der Waals surface area contributed by atoms with E-state index in [9.17, 15) is 17.2 Å². The summed E-state index contributed by atoms with van der Waals surface area (Å²) in [5.41, 5.74) is 9.45. The third-order valence-electron chi connectivity index (χ3n) is 7.81. The van der Waals surface area contributed by atoms with Gasteiger partial charge in [-0.25, -0.2) is 27.2 Å². The van der Waals surface area contributed by atoms with Crippen molar-refractivity contribution in [3.8, 4) is 17.0 Å². The van der Waals surface area contributed by atoms with Crippen LogP contribution in [0.15, 0.2) is 53.6 Å². The summed E-state index contributed by atoms with van der Waals surface area (Å²) in [6, 6.07) is 10.0. The van der Waals surface area contributed by atoms with Crippen molar-refractivity contribution < 1.29 is 26.7 Å². The molecule has 4 aromatic rings. The lowest BCUT2D eigenvalue weighted by Crippen LogP contribution is -2.45. The van der Waals surface area contributed by atoms with Crippen molar-refractivity contribution in [1.29, 1.82) is 0 Å². The number of nitrogens with two attached hydrogens (primary N) is 1. The molecule has 2 atom stereocenters. The van der Waals surface area contributed by atoms with Crippen molar-refractivity contribution >= 4 is 32.7 Å². The number of halogens is 2. The van der Waals surface area contributed by atoms with E-state index in [1.807, 2.05) is 18.2 Å². The summed E-state index contributed by atoms with van der Waals surface area (Å²) in [6.45, 7) is 3.21. The number of pyridine rings is 1. The smallest absolute Gasteiger partial charge is 0.264 e. The van der Waals surface area contributed by atoms with Crippen LogP contribution >= 0.6 is 0 Å². The number of fused-ring (bicyclic) bond motifs is 1. The van der Waals surface area contributed by atoms with Gasteiger partial charge < -0.3 is 19.8 Å². The highest BCUT2D eigenvalue weighted by Crippen LogP contribution is 2.39. The average Bonchev–Trinajstić information content (AvgIpc) is 3.56. The zero-order valence-corrected chi connectivity index (χ0v) is 23.2. The monoisotopic (exact) mass is 584 g/mol. The second-order valence-corrected chi connectivity index (χ2v) is 11.9. The molecule has 1 saturated carbocycles. The number of methoxy groups -OCH3 is 1. The van der Waals surface area contributed by atoms with Crippen LogP contribution in [0.2, 0.25) is 0 Å². The van der Waals surface area contributed by atoms with Gasteiger partial charge in [0.25, 0.3) is 10.0 Å². The normalized spacial score (nSPS) is 20.0. The van der Waals surface area contributed by atoms with Gasteiger partial charge in [0.1, 0.15) is 22.2 Å². The first-order chi connectivity index (χ1) is 19.7. The predicted octanol–water partition coefficient (Wildman–Crippen LogP) is 4.19. The Hall–Kier alpha value is -3.81. The number of hydrogen-bond acceptors (Lipinski definition) is 8. The summed E-state index contributed by atoms with van der Waals surface area (Å²) in [7, 11) is -3.07. The first-order valence-corrected chi connectivity index (χ1v) is 14.8. The molecular weight excluding hydrogens is 554 g/mol. The predicted molar refractivity (Wildman–Crippen MR) is 150 cm³/mol. The van der Waals surface area contributed by atoms with E-state index in [0.29, 0.717) is 23.6 Å². The maximum absolute atomic E-state index is 14.3. The van der Waals surface area contributed by atoms with E-state index < -0.39 is 26.6 Å². The lowest BCUT2D eigenvalue weighted by atomic mass is 10.1. The van der Waals surface area contributed by atoms with E-state index in [-0.39, 0.29) is 17.6 Å². The molecule has 1 aliphatic heterocycles. The summed E-state index contributed by atoms with van der Waals surface area (Å²) in [5.74, 6) is -1.65. The van der Waals surface area contributed by atoms with Gasteiger partial charge in [0.2, 0.25) is 11.8 Å². The molecule has 13 heteroatoms. The van der Waals surface area contributed by atoms with Crippen molar-refractivity contribution in [2.24, 2.45) is 0 Å². The molecule has 2 aromatic carbocycles. The molecule has 3 heterocycles. The number of nitrogen functional groups attached to an aromatic ring is 1. The van der Waals surface area contributed by atoms with E-state index in [1.54, 1.807) is 12.3 Å². The molecule has 10 nitrogen and oxygen atoms in total. The third-order valence-corrected chi connectivity index (χ3v) is 9.21. The maximum Gasteiger partial charge on any atom is 0.264 e. The number of ether oxygens (including phenoxy) is 2. The Morgan fingerprint density at radius 1 is 1.05 bits per heavy atom. The zero-order chi connectivity index (χ0) is 28.7. The topological polar surface area (TPSA) is 125 Å². The van der Waals surface area contributed by atoms with Crippen molar-refractivity contribution in [3.63, 3.8) is 0 Å². The molecular formula is C28H30F2N6O4S. The van der Waals surface area contributed by atoms with Gasteiger partial charge >= 0.3 is 0 Å². The van der Waals surface area contributed by atoms with E-state index >= 15 is 0 Å². The Bertz CT molecular complexity index is 1710. The van der Waals surface area contributed by atoms with Gasteiger partial charge in [-0.3, -0.25) is 9.62 Å². The fraction of sp³-hybridized carbons (Fsp3) is 0.357. The van der Waals surface area contributed by atoms with Crippen LogP contribution in [0.5, 0.6) is 5.88 Å². The lowest BCUT2D eigenvalue weighted by molar-refractivity contribution is 0.0100. The summed E-state index contributed by atoms with van der Waals surface area (Å²) in [4.78, 5) is 10.7. The highest BCUT2D eigenvalue weighted by Gasteiger charge is 2.36. The molecule has 6 rings (SSSR count). The quantitative estimate of drug-likeness (QED) is 0.331. The van der Waals surface area contributed by atoms with Crippen LogP contribution in [0.4, 0.5) is 20.4 Å². The summed E-state index contributed by atoms with van der Waals surface area (Å²) >= 11 is 0. The number of rotatable bonds is 7. The van der Waals surface area contributed by atoms with Crippen molar-refractivity contribution in [2.75, 3.05) is 43.9 Å². The molecule has 2 unspecified atom stereocenters. The molecule has 216 valence electrons. The molecule has 2 aromatic heterocycles. The van der Waals surface area contributed by atoms with Gasteiger partial charge in [-0.15, -0.1) is 0 Å². The van der Waals surface area contributed by atoms with E-state index in [1.165, 1.54) is 7.11 Å². The number of morpholine rings is 1.